The molecule has 2 aliphatic heterocycles. The number of aliphatic carboxylic acids is 1. The van der Waals surface area contributed by atoms with Gasteiger partial charge in [0.1, 0.15) is 22.5 Å². The Bertz CT molecular complexity index is 971. The monoisotopic (exact) mass is 462 g/mol. The number of hydrogen-bond donors (Lipinski definition) is 3. The Balaban J connectivity index is 0.00000300. The van der Waals surface area contributed by atoms with Crippen molar-refractivity contribution in [3.8, 4) is 6.07 Å². The number of nitriles is 1. The summed E-state index contributed by atoms with van der Waals surface area (Å²) in [6, 6.07) is 0.801. The van der Waals surface area contributed by atoms with Gasteiger partial charge in [-0.2, -0.15) is 5.26 Å². The number of rotatable bonds is 6. The van der Waals surface area contributed by atoms with Gasteiger partial charge in [-0.25, -0.2) is 9.78 Å². The molecule has 29 heavy (non-hydrogen) atoms. The molecule has 0 radical (unpaired) electrons. The average molecular weight is 462 g/mol. The molecule has 15 heteroatoms. The molecule has 1 aromatic rings. The van der Waals surface area contributed by atoms with Crippen molar-refractivity contribution in [3.63, 3.8) is 0 Å². The minimum absolute atomic E-state index is 0. The molecule has 0 bridgehead atoms. The Labute approximate surface area is 198 Å². The molecule has 0 spiro atoms. The number of carboxylic acids is 1. The molecule has 3 heterocycles. The number of fused-ring (bicyclic) bond motifs is 1. The van der Waals surface area contributed by atoms with Crippen LogP contribution in [0.3, 0.4) is 0 Å². The number of thioether (sulfide) groups is 2. The molecule has 1 aromatic heterocycles. The van der Waals surface area contributed by atoms with Crippen LogP contribution in [0.4, 0.5) is 5.13 Å². The molecule has 0 saturated carbocycles. The minimum Gasteiger partial charge on any atom is -0.857 e. The van der Waals surface area contributed by atoms with Gasteiger partial charge in [-0.05, 0) is 0 Å². The van der Waals surface area contributed by atoms with Crippen molar-refractivity contribution in [2.75, 3.05) is 17.2 Å². The third-order valence-electron chi connectivity index (χ3n) is 3.74. The van der Waals surface area contributed by atoms with Gasteiger partial charge in [0.05, 0.1) is 11.8 Å². The summed E-state index contributed by atoms with van der Waals surface area (Å²) in [7, 11) is 0. The molecule has 3 rings (SSSR count). The first-order chi connectivity index (χ1) is 13.4. The summed E-state index contributed by atoms with van der Waals surface area (Å²) in [5.74, 6) is -2.59. The fourth-order valence-electron chi connectivity index (χ4n) is 2.57. The fourth-order valence-corrected chi connectivity index (χ4v) is 5.40. The van der Waals surface area contributed by atoms with E-state index in [0.29, 0.717) is 4.91 Å². The van der Waals surface area contributed by atoms with E-state index < -0.39 is 34.9 Å². The van der Waals surface area contributed by atoms with Gasteiger partial charge in [0.2, 0.25) is 0 Å². The average Bonchev–Trinajstić information content (AvgIpc) is 3.09. The zero-order chi connectivity index (χ0) is 20.4. The Morgan fingerprint density at radius 2 is 2.31 bits per heavy atom. The van der Waals surface area contributed by atoms with Crippen molar-refractivity contribution in [3.05, 3.63) is 21.7 Å². The van der Waals surface area contributed by atoms with Crippen LogP contribution in [-0.2, 0) is 9.59 Å². The van der Waals surface area contributed by atoms with Crippen LogP contribution in [0.15, 0.2) is 26.1 Å². The number of carboxylic acid groups (broad SMARTS) is 1. The Kier molecular flexibility index (Phi) is 7.97. The van der Waals surface area contributed by atoms with E-state index in [2.05, 4.69) is 15.1 Å². The molecule has 2 atom stereocenters. The number of nitrogen functional groups attached to an aromatic ring is 1. The fraction of sp³-hybridized carbons (Fsp3) is 0.286. The quantitative estimate of drug-likeness (QED) is 0.0955. The first kappa shape index (κ1) is 23.5. The number of hydrogen-bond acceptors (Lipinski definition) is 12. The molecular weight excluding hydrogens is 451 g/mol. The number of nitrogens with zero attached hydrogens (tertiary/aromatic N) is 5. The second-order valence-electron chi connectivity index (χ2n) is 5.33. The molecule has 0 unspecified atom stereocenters. The van der Waals surface area contributed by atoms with E-state index in [9.17, 15) is 19.8 Å². The van der Waals surface area contributed by atoms with Gasteiger partial charge in [-0.3, -0.25) is 14.7 Å². The van der Waals surface area contributed by atoms with E-state index in [-0.39, 0.29) is 57.6 Å². The third-order valence-corrected chi connectivity index (χ3v) is 6.82. The van der Waals surface area contributed by atoms with Crippen LogP contribution in [0.2, 0.25) is 0 Å². The molecule has 4 N–H and O–H groups in total. The van der Waals surface area contributed by atoms with Gasteiger partial charge in [0.15, 0.2) is 11.2 Å². The number of anilines is 1. The van der Waals surface area contributed by atoms with Crippen LogP contribution in [0, 0.1) is 11.3 Å². The minimum atomic E-state index is -1.29. The van der Waals surface area contributed by atoms with E-state index in [0.717, 1.165) is 28.0 Å². The van der Waals surface area contributed by atoms with Crippen LogP contribution in [0.5, 0.6) is 0 Å². The Morgan fingerprint density at radius 1 is 1.59 bits per heavy atom. The summed E-state index contributed by atoms with van der Waals surface area (Å²) in [5.41, 5.74) is 4.86. The normalized spacial score (nSPS) is 21.8. The summed E-state index contributed by atoms with van der Waals surface area (Å²) in [4.78, 5) is 33.2. The van der Waals surface area contributed by atoms with Crippen molar-refractivity contribution >= 4 is 63.5 Å². The van der Waals surface area contributed by atoms with Gasteiger partial charge in [0.25, 0.3) is 5.91 Å². The van der Waals surface area contributed by atoms with E-state index >= 15 is 0 Å². The van der Waals surface area contributed by atoms with Gasteiger partial charge in [-0.15, -0.1) is 34.9 Å². The zero-order valence-electron chi connectivity index (χ0n) is 14.8. The molecule has 2 aliphatic rings. The number of thiazole rings is 1. The number of oxime groups is 1. The molecule has 0 aromatic carbocycles. The molecule has 1 saturated heterocycles. The van der Waals surface area contributed by atoms with Crippen LogP contribution in [0.1, 0.15) is 5.69 Å². The number of β-lactam (4-membered cyclic amide) rings is 1. The second kappa shape index (κ2) is 9.83. The predicted molar refractivity (Wildman–Crippen MR) is 102 cm³/mol. The second-order valence-corrected chi connectivity index (χ2v) is 8.40. The van der Waals surface area contributed by atoms with Gasteiger partial charge in [0, 0.05) is 21.9 Å². The van der Waals surface area contributed by atoms with E-state index in [4.69, 9.17) is 16.2 Å². The van der Waals surface area contributed by atoms with Crippen LogP contribution >= 0.6 is 34.9 Å². The van der Waals surface area contributed by atoms with Crippen molar-refractivity contribution in [2.24, 2.45) is 10.1 Å². The van der Waals surface area contributed by atoms with Gasteiger partial charge in [-0.1, -0.05) is 5.16 Å². The number of nitrogens with two attached hydrogens (primary N) is 1. The Morgan fingerprint density at radius 3 is 2.86 bits per heavy atom. The molecule has 146 valence electrons. The van der Waals surface area contributed by atoms with Crippen LogP contribution in [0.25, 0.3) is 0 Å². The predicted octanol–water partition coefficient (Wildman–Crippen LogP) is -3.50. The van der Waals surface area contributed by atoms with Crippen LogP contribution < -0.4 is 40.4 Å². The van der Waals surface area contributed by atoms with Crippen molar-refractivity contribution in [1.82, 2.24) is 9.88 Å². The summed E-state index contributed by atoms with van der Waals surface area (Å²) in [6.45, 7) is 0. The maximum Gasteiger partial charge on any atom is 1.00 e. The van der Waals surface area contributed by atoms with Crippen molar-refractivity contribution in [2.45, 2.75) is 11.4 Å². The van der Waals surface area contributed by atoms with E-state index in [1.54, 1.807) is 0 Å². The van der Waals surface area contributed by atoms with Gasteiger partial charge < -0.3 is 21.2 Å². The largest absolute Gasteiger partial charge is 1.00 e. The maximum atomic E-state index is 12.5. The number of amides is 1. The van der Waals surface area contributed by atoms with E-state index in [1.165, 1.54) is 17.1 Å². The summed E-state index contributed by atoms with van der Waals surface area (Å²) in [6.07, 6.45) is 0. The summed E-state index contributed by atoms with van der Waals surface area (Å²) < 4.78 is 0. The van der Waals surface area contributed by atoms with Crippen LogP contribution in [-0.4, -0.2) is 66.6 Å². The summed E-state index contributed by atoms with van der Waals surface area (Å²) >= 11 is 3.33. The molecule has 1 amide bonds. The number of carbonyl (C=O) groups excluding carboxylic acids is 1. The van der Waals surface area contributed by atoms with Crippen molar-refractivity contribution in [1.29, 1.82) is 5.26 Å². The number of aromatic nitrogens is 1. The Hall–Kier alpha value is -1.76. The summed E-state index contributed by atoms with van der Waals surface area (Å²) in [5, 5.41) is 43.4. The SMILES string of the molecule is N#CCSC1=C(C(=O)O)N2C(=O)[C@@H](N=C([O-])/C(=N/O)c3csc(N)n3)[C@H]2SC1.[Na+]. The number of aliphatic imine (C=N–C) groups is 1. The first-order valence-corrected chi connectivity index (χ1v) is 10.4. The van der Waals surface area contributed by atoms with Gasteiger partial charge >= 0.3 is 35.5 Å². The standard InChI is InChI=1S/C14H12N6O5S3.Na/c15-1-2-26-6-4-27-12-8(11(22)20(12)9(6)13(23)24)18-10(21)7(19-25)5-3-28-14(16)17-5;/h3,8,12,25H,2,4H2,(H2,16,17)(H,18,21)(H,23,24);/q;+1/p-1/b19-7+;/t8-,12-;/m1./s1. The molecule has 11 nitrogen and oxygen atoms in total. The number of carbonyl (C=O) groups is 2. The topological polar surface area (TPSA) is 188 Å². The molecule has 0 aliphatic carbocycles. The molecular formula is C14H11N6NaO5S3. The smallest absolute Gasteiger partial charge is 0.857 e. The van der Waals surface area contributed by atoms with Crippen molar-refractivity contribution < 1.29 is 54.6 Å². The van der Waals surface area contributed by atoms with E-state index in [1.807, 2.05) is 6.07 Å². The third kappa shape index (κ3) is 4.55. The maximum absolute atomic E-state index is 12.5. The first-order valence-electron chi connectivity index (χ1n) is 7.48. The zero-order valence-corrected chi connectivity index (χ0v) is 19.3. The molecule has 1 fully saturated rings.